The highest BCUT2D eigenvalue weighted by Gasteiger charge is 2.10. The molecular weight excluding hydrogens is 368 g/mol. The molecular formula is C22H46N4O3+2. The van der Waals surface area contributed by atoms with Gasteiger partial charge in [-0.1, -0.05) is 6.92 Å². The van der Waals surface area contributed by atoms with Crippen LogP contribution in [0.3, 0.4) is 0 Å². The van der Waals surface area contributed by atoms with Gasteiger partial charge in [-0.3, -0.25) is 9.59 Å². The number of nitrogens with zero attached hydrogens (tertiary/aromatic N) is 2. The van der Waals surface area contributed by atoms with Crippen molar-refractivity contribution in [3.63, 3.8) is 0 Å². The fourth-order valence-corrected chi connectivity index (χ4v) is 2.66. The zero-order chi connectivity index (χ0) is 22.2. The fraction of sp³-hybridized carbons (Fsp3) is 0.818. The Bertz CT molecular complexity index is 485. The molecule has 0 bridgehead atoms. The summed E-state index contributed by atoms with van der Waals surface area (Å²) in [5.74, 6) is 0.118. The predicted molar refractivity (Wildman–Crippen MR) is 119 cm³/mol. The molecule has 0 fully saturated rings. The summed E-state index contributed by atoms with van der Waals surface area (Å²) >= 11 is 0. The highest BCUT2D eigenvalue weighted by molar-refractivity contribution is 5.77. The molecule has 0 aliphatic rings. The van der Waals surface area contributed by atoms with E-state index in [4.69, 9.17) is 4.74 Å². The molecule has 0 heterocycles. The Balaban J connectivity index is 3.72. The lowest BCUT2D eigenvalue weighted by atomic mass is 10.2. The third-order valence-corrected chi connectivity index (χ3v) is 4.47. The molecule has 0 spiro atoms. The van der Waals surface area contributed by atoms with Gasteiger partial charge in [0.25, 0.3) is 0 Å². The van der Waals surface area contributed by atoms with E-state index >= 15 is 0 Å². The molecule has 0 saturated heterocycles. The maximum Gasteiger partial charge on any atom is 0.220 e. The second kappa shape index (κ2) is 15.4. The van der Waals surface area contributed by atoms with Gasteiger partial charge in [0.15, 0.2) is 0 Å². The minimum Gasteiger partial charge on any atom is -0.376 e. The summed E-state index contributed by atoms with van der Waals surface area (Å²) in [5, 5.41) is 5.86. The number of hydrogen-bond acceptors (Lipinski definition) is 3. The van der Waals surface area contributed by atoms with E-state index in [0.29, 0.717) is 19.4 Å². The number of carbonyl (C=O) groups excluding carboxylic acids is 2. The average molecular weight is 415 g/mol. The monoisotopic (exact) mass is 414 g/mol. The molecule has 0 aromatic rings. The van der Waals surface area contributed by atoms with Crippen LogP contribution in [0, 0.1) is 0 Å². The van der Waals surface area contributed by atoms with Crippen LogP contribution in [0.25, 0.3) is 0 Å². The summed E-state index contributed by atoms with van der Waals surface area (Å²) in [6.07, 6.45) is 8.52. The van der Waals surface area contributed by atoms with Crippen molar-refractivity contribution in [2.24, 2.45) is 0 Å². The van der Waals surface area contributed by atoms with E-state index < -0.39 is 0 Å². The number of amides is 2. The number of ether oxygens (including phenoxy) is 1. The molecule has 7 nitrogen and oxygen atoms in total. The zero-order valence-corrected chi connectivity index (χ0v) is 19.8. The maximum absolute atomic E-state index is 11.9. The van der Waals surface area contributed by atoms with E-state index in [1.165, 1.54) is 0 Å². The summed E-state index contributed by atoms with van der Waals surface area (Å²) in [5.41, 5.74) is 0. The number of nitrogens with one attached hydrogen (secondary N) is 2. The van der Waals surface area contributed by atoms with Crippen LogP contribution >= 0.6 is 0 Å². The van der Waals surface area contributed by atoms with Gasteiger partial charge in [0.2, 0.25) is 11.8 Å². The molecule has 0 unspecified atom stereocenters. The first-order chi connectivity index (χ1) is 13.6. The molecule has 0 rings (SSSR count). The van der Waals surface area contributed by atoms with Crippen LogP contribution in [0.1, 0.15) is 45.4 Å². The lowest BCUT2D eigenvalue weighted by Crippen LogP contribution is -2.37. The van der Waals surface area contributed by atoms with Gasteiger partial charge in [-0.05, 0) is 25.3 Å². The highest BCUT2D eigenvalue weighted by Crippen LogP contribution is 2.01. The van der Waals surface area contributed by atoms with Crippen molar-refractivity contribution in [3.8, 4) is 0 Å². The predicted octanol–water partition coefficient (Wildman–Crippen LogP) is 1.89. The van der Waals surface area contributed by atoms with Gasteiger partial charge < -0.3 is 24.3 Å². The summed E-state index contributed by atoms with van der Waals surface area (Å²) in [7, 11) is 10.7. The van der Waals surface area contributed by atoms with Crippen molar-refractivity contribution < 1.29 is 23.3 Å². The Morgan fingerprint density at radius 3 is 2.07 bits per heavy atom. The Morgan fingerprint density at radius 2 is 1.48 bits per heavy atom. The van der Waals surface area contributed by atoms with Gasteiger partial charge >= 0.3 is 0 Å². The minimum absolute atomic E-state index is 0.0367. The van der Waals surface area contributed by atoms with Crippen molar-refractivity contribution in [3.05, 3.63) is 12.3 Å². The van der Waals surface area contributed by atoms with E-state index in [1.54, 1.807) is 0 Å². The first-order valence-corrected chi connectivity index (χ1v) is 11.0. The molecule has 2 N–H and O–H groups in total. The fourth-order valence-electron chi connectivity index (χ4n) is 2.66. The molecule has 29 heavy (non-hydrogen) atoms. The molecule has 0 saturated carbocycles. The smallest absolute Gasteiger partial charge is 0.220 e. The Hall–Kier alpha value is -1.44. The molecule has 0 aromatic carbocycles. The van der Waals surface area contributed by atoms with Crippen LogP contribution in [0.15, 0.2) is 12.3 Å². The standard InChI is InChI=1S/C22H44N4O3/c1-7-19-29-20-18-26(5,6)17-11-15-24-22(28)13-9-8-12-21(27)23-14-10-16-25(2,3)4/h11,17H,7-10,12-16,18-20H2,1-6H3/p+2/b17-11-. The molecule has 0 atom stereocenters. The summed E-state index contributed by atoms with van der Waals surface area (Å²) in [6.45, 7) is 6.84. The third-order valence-electron chi connectivity index (χ3n) is 4.47. The Labute approximate surface area is 178 Å². The van der Waals surface area contributed by atoms with Crippen LogP contribution in [0.2, 0.25) is 0 Å². The normalized spacial score (nSPS) is 12.3. The second-order valence-electron chi connectivity index (χ2n) is 9.23. The number of likely N-dealkylation sites (N-methyl/N-ethyl adjacent to an activating group) is 1. The third kappa shape index (κ3) is 19.6. The number of carbonyl (C=O) groups is 2. The van der Waals surface area contributed by atoms with Gasteiger partial charge in [0.05, 0.1) is 54.6 Å². The van der Waals surface area contributed by atoms with Gasteiger partial charge in [-0.15, -0.1) is 0 Å². The first-order valence-electron chi connectivity index (χ1n) is 11.0. The van der Waals surface area contributed by atoms with E-state index in [0.717, 1.165) is 67.5 Å². The topological polar surface area (TPSA) is 67.4 Å². The lowest BCUT2D eigenvalue weighted by Gasteiger charge is -2.24. The Kier molecular flexibility index (Phi) is 14.6. The molecule has 0 aliphatic heterocycles. The van der Waals surface area contributed by atoms with Crippen LogP contribution in [-0.4, -0.2) is 95.4 Å². The van der Waals surface area contributed by atoms with Crippen LogP contribution in [0.5, 0.6) is 0 Å². The summed E-state index contributed by atoms with van der Waals surface area (Å²) in [4.78, 5) is 23.7. The number of hydrogen-bond donors (Lipinski definition) is 2. The van der Waals surface area contributed by atoms with E-state index in [1.807, 2.05) is 6.08 Å². The summed E-state index contributed by atoms with van der Waals surface area (Å²) < 4.78 is 7.16. The second-order valence-corrected chi connectivity index (χ2v) is 9.23. The molecule has 2 amide bonds. The quantitative estimate of drug-likeness (QED) is 0.282. The largest absolute Gasteiger partial charge is 0.376 e. The molecule has 170 valence electrons. The van der Waals surface area contributed by atoms with Crippen molar-refractivity contribution in [1.29, 1.82) is 0 Å². The lowest BCUT2D eigenvalue weighted by molar-refractivity contribution is -0.870. The van der Waals surface area contributed by atoms with E-state index in [-0.39, 0.29) is 11.8 Å². The van der Waals surface area contributed by atoms with Gasteiger partial charge in [0.1, 0.15) is 6.54 Å². The van der Waals surface area contributed by atoms with Gasteiger partial charge in [0, 0.05) is 39.0 Å². The number of unbranched alkanes of at least 4 members (excludes halogenated alkanes) is 1. The van der Waals surface area contributed by atoms with Gasteiger partial charge in [-0.2, -0.15) is 0 Å². The minimum atomic E-state index is 0.0367. The van der Waals surface area contributed by atoms with Crippen LogP contribution < -0.4 is 10.6 Å². The van der Waals surface area contributed by atoms with Crippen LogP contribution in [0.4, 0.5) is 0 Å². The number of quaternary nitrogens is 2. The zero-order valence-electron chi connectivity index (χ0n) is 19.8. The van der Waals surface area contributed by atoms with Gasteiger partial charge in [-0.25, -0.2) is 0 Å². The van der Waals surface area contributed by atoms with Crippen molar-refractivity contribution in [1.82, 2.24) is 10.6 Å². The van der Waals surface area contributed by atoms with Crippen molar-refractivity contribution >= 4 is 11.8 Å². The molecule has 0 aromatic heterocycles. The molecule has 7 heteroatoms. The maximum atomic E-state index is 11.9. The number of rotatable bonds is 17. The summed E-state index contributed by atoms with van der Waals surface area (Å²) in [6, 6.07) is 0. The SMILES string of the molecule is CCCOCC[N+](C)(C)/C=C\CNC(=O)CCCCC(=O)NCCC[N+](C)(C)C. The first kappa shape index (κ1) is 27.6. The molecule has 0 radical (unpaired) electrons. The van der Waals surface area contributed by atoms with E-state index in [9.17, 15) is 9.59 Å². The average Bonchev–Trinajstić information content (AvgIpc) is 2.62. The van der Waals surface area contributed by atoms with Crippen molar-refractivity contribution in [2.75, 3.05) is 74.6 Å². The van der Waals surface area contributed by atoms with E-state index in [2.05, 4.69) is 59.0 Å². The van der Waals surface area contributed by atoms with Crippen LogP contribution in [-0.2, 0) is 14.3 Å². The Morgan fingerprint density at radius 1 is 0.862 bits per heavy atom. The molecule has 0 aliphatic carbocycles. The van der Waals surface area contributed by atoms with Crippen molar-refractivity contribution in [2.45, 2.75) is 45.4 Å². The highest BCUT2D eigenvalue weighted by atomic mass is 16.5.